The van der Waals surface area contributed by atoms with Crippen LogP contribution in [0.1, 0.15) is 19.4 Å². The highest BCUT2D eigenvalue weighted by Gasteiger charge is 2.08. The fourth-order valence-electron chi connectivity index (χ4n) is 1.08. The van der Waals surface area contributed by atoms with Crippen molar-refractivity contribution in [3.63, 3.8) is 0 Å². The molecule has 0 aliphatic carbocycles. The Labute approximate surface area is 80.0 Å². The van der Waals surface area contributed by atoms with Gasteiger partial charge in [-0.15, -0.1) is 0 Å². The van der Waals surface area contributed by atoms with Gasteiger partial charge in [-0.1, -0.05) is 25.4 Å². The molecule has 0 saturated heterocycles. The maximum Gasteiger partial charge on any atom is 0.326 e. The Bertz CT molecular complexity index is 405. The summed E-state index contributed by atoms with van der Waals surface area (Å²) >= 11 is 5.70. The van der Waals surface area contributed by atoms with Gasteiger partial charge in [-0.3, -0.25) is 14.8 Å². The number of nitrogens with one attached hydrogen (secondary N) is 2. The lowest BCUT2D eigenvalue weighted by atomic mass is 10.1. The highest BCUT2D eigenvalue weighted by atomic mass is 35.5. The molecule has 0 aliphatic rings. The molecule has 0 aromatic carbocycles. The first-order valence-electron chi connectivity index (χ1n) is 4.01. The largest absolute Gasteiger partial charge is 0.326 e. The first-order chi connectivity index (χ1) is 6.00. The van der Waals surface area contributed by atoms with Crippen LogP contribution in [0.2, 0.25) is 5.15 Å². The molecule has 72 valence electrons. The third-order valence-corrected chi connectivity index (χ3v) is 1.92. The molecule has 5 heteroatoms. The molecule has 2 N–H and O–H groups in total. The van der Waals surface area contributed by atoms with Gasteiger partial charge in [-0.05, 0) is 12.3 Å². The minimum absolute atomic E-state index is 0.141. The van der Waals surface area contributed by atoms with Crippen LogP contribution in [0.15, 0.2) is 9.59 Å². The van der Waals surface area contributed by atoms with Crippen molar-refractivity contribution in [1.29, 1.82) is 0 Å². The second-order valence-corrected chi connectivity index (χ2v) is 3.68. The number of hydrogen-bond donors (Lipinski definition) is 2. The van der Waals surface area contributed by atoms with E-state index in [-0.39, 0.29) is 5.15 Å². The van der Waals surface area contributed by atoms with Crippen molar-refractivity contribution in [3.05, 3.63) is 31.6 Å². The lowest BCUT2D eigenvalue weighted by molar-refractivity contribution is 0.639. The van der Waals surface area contributed by atoms with E-state index in [9.17, 15) is 9.59 Å². The molecule has 0 aliphatic heterocycles. The van der Waals surface area contributed by atoms with E-state index in [0.29, 0.717) is 17.9 Å². The van der Waals surface area contributed by atoms with Crippen LogP contribution in [0.4, 0.5) is 0 Å². The fourth-order valence-corrected chi connectivity index (χ4v) is 1.32. The van der Waals surface area contributed by atoms with Crippen LogP contribution >= 0.6 is 11.6 Å². The zero-order chi connectivity index (χ0) is 10.0. The molecule has 1 rings (SSSR count). The Hall–Kier alpha value is -1.03. The van der Waals surface area contributed by atoms with Gasteiger partial charge in [0.15, 0.2) is 0 Å². The summed E-state index contributed by atoms with van der Waals surface area (Å²) in [5.74, 6) is 0.324. The second kappa shape index (κ2) is 3.79. The van der Waals surface area contributed by atoms with E-state index in [4.69, 9.17) is 11.6 Å². The van der Waals surface area contributed by atoms with Gasteiger partial charge in [0.05, 0.1) is 5.56 Å². The summed E-state index contributed by atoms with van der Waals surface area (Å²) in [5, 5.41) is 0.141. The molecule has 1 aromatic rings. The van der Waals surface area contributed by atoms with Crippen LogP contribution < -0.4 is 11.2 Å². The number of aromatic amines is 2. The van der Waals surface area contributed by atoms with Crippen LogP contribution in [0, 0.1) is 5.92 Å². The summed E-state index contributed by atoms with van der Waals surface area (Å²) < 4.78 is 0. The number of hydrogen-bond acceptors (Lipinski definition) is 2. The Kier molecular flexibility index (Phi) is 2.93. The molecule has 0 bridgehead atoms. The van der Waals surface area contributed by atoms with Gasteiger partial charge in [0.1, 0.15) is 5.15 Å². The van der Waals surface area contributed by atoms with Crippen molar-refractivity contribution >= 4 is 11.6 Å². The smallest absolute Gasteiger partial charge is 0.297 e. The third kappa shape index (κ3) is 2.45. The van der Waals surface area contributed by atoms with Crippen molar-refractivity contribution in [1.82, 2.24) is 9.97 Å². The van der Waals surface area contributed by atoms with Crippen molar-refractivity contribution < 1.29 is 0 Å². The van der Waals surface area contributed by atoms with Gasteiger partial charge in [-0.25, -0.2) is 4.79 Å². The zero-order valence-corrected chi connectivity index (χ0v) is 8.23. The number of aromatic nitrogens is 2. The van der Waals surface area contributed by atoms with Gasteiger partial charge >= 0.3 is 5.69 Å². The number of rotatable bonds is 2. The van der Waals surface area contributed by atoms with E-state index in [1.54, 1.807) is 0 Å². The summed E-state index contributed by atoms with van der Waals surface area (Å²) in [6.07, 6.45) is 0.560. The Balaban J connectivity index is 3.22. The monoisotopic (exact) mass is 202 g/mol. The summed E-state index contributed by atoms with van der Waals surface area (Å²) in [7, 11) is 0. The predicted molar refractivity (Wildman–Crippen MR) is 51.2 cm³/mol. The van der Waals surface area contributed by atoms with E-state index in [1.165, 1.54) is 0 Å². The molecule has 0 amide bonds. The third-order valence-electron chi connectivity index (χ3n) is 1.60. The van der Waals surface area contributed by atoms with Gasteiger partial charge < -0.3 is 0 Å². The maximum absolute atomic E-state index is 11.2. The highest BCUT2D eigenvalue weighted by molar-refractivity contribution is 6.30. The van der Waals surface area contributed by atoms with Gasteiger partial charge in [0, 0.05) is 0 Å². The minimum atomic E-state index is -0.567. The molecular weight excluding hydrogens is 192 g/mol. The molecular formula is C8H11ClN2O2. The van der Waals surface area contributed by atoms with E-state index in [1.807, 2.05) is 13.8 Å². The topological polar surface area (TPSA) is 65.7 Å². The van der Waals surface area contributed by atoms with E-state index in [2.05, 4.69) is 9.97 Å². The van der Waals surface area contributed by atoms with Crippen molar-refractivity contribution in [2.24, 2.45) is 5.92 Å². The van der Waals surface area contributed by atoms with Gasteiger partial charge in [0.2, 0.25) is 0 Å². The van der Waals surface area contributed by atoms with Crippen LogP contribution in [0.5, 0.6) is 0 Å². The number of H-pyrrole nitrogens is 2. The number of halogens is 1. The van der Waals surface area contributed by atoms with Gasteiger partial charge in [-0.2, -0.15) is 0 Å². The molecule has 4 nitrogen and oxygen atoms in total. The van der Waals surface area contributed by atoms with Gasteiger partial charge in [0.25, 0.3) is 5.56 Å². The zero-order valence-electron chi connectivity index (χ0n) is 7.48. The summed E-state index contributed by atoms with van der Waals surface area (Å²) in [6, 6.07) is 0. The maximum atomic E-state index is 11.2. The highest BCUT2D eigenvalue weighted by Crippen LogP contribution is 2.10. The van der Waals surface area contributed by atoms with Crippen molar-refractivity contribution in [2.75, 3.05) is 0 Å². The minimum Gasteiger partial charge on any atom is -0.297 e. The van der Waals surface area contributed by atoms with E-state index in [0.717, 1.165) is 0 Å². The summed E-state index contributed by atoms with van der Waals surface area (Å²) in [6.45, 7) is 3.95. The van der Waals surface area contributed by atoms with Crippen LogP contribution in [-0.4, -0.2) is 9.97 Å². The van der Waals surface area contributed by atoms with Crippen LogP contribution in [0.25, 0.3) is 0 Å². The fraction of sp³-hybridized carbons (Fsp3) is 0.500. The molecule has 0 saturated carbocycles. The average Bonchev–Trinajstić information content (AvgIpc) is 1.96. The molecule has 13 heavy (non-hydrogen) atoms. The van der Waals surface area contributed by atoms with Crippen molar-refractivity contribution in [2.45, 2.75) is 20.3 Å². The van der Waals surface area contributed by atoms with E-state index < -0.39 is 11.2 Å². The first kappa shape index (κ1) is 10.1. The molecule has 0 radical (unpaired) electrons. The normalized spacial score (nSPS) is 10.8. The summed E-state index contributed by atoms with van der Waals surface area (Å²) in [4.78, 5) is 26.5. The average molecular weight is 203 g/mol. The predicted octanol–water partition coefficient (Wildman–Crippen LogP) is 0.915. The Morgan fingerprint density at radius 3 is 2.38 bits per heavy atom. The molecule has 0 spiro atoms. The molecule has 0 unspecified atom stereocenters. The SMILES string of the molecule is CC(C)Cc1c(Cl)[nH]c(=O)[nH]c1=O. The Morgan fingerprint density at radius 2 is 1.92 bits per heavy atom. The van der Waals surface area contributed by atoms with Crippen LogP contribution in [0.3, 0.4) is 0 Å². The van der Waals surface area contributed by atoms with E-state index >= 15 is 0 Å². The lowest BCUT2D eigenvalue weighted by Crippen LogP contribution is -2.26. The first-order valence-corrected chi connectivity index (χ1v) is 4.39. The van der Waals surface area contributed by atoms with Crippen LogP contribution in [-0.2, 0) is 6.42 Å². The molecule has 1 aromatic heterocycles. The Morgan fingerprint density at radius 1 is 1.31 bits per heavy atom. The standard InChI is InChI=1S/C8H11ClN2O2/c1-4(2)3-5-6(9)10-8(13)11-7(5)12/h4H,3H2,1-2H3,(H2,10,11,12,13). The molecule has 0 atom stereocenters. The quantitative estimate of drug-likeness (QED) is 0.701. The summed E-state index contributed by atoms with van der Waals surface area (Å²) in [5.41, 5.74) is -0.527. The lowest BCUT2D eigenvalue weighted by Gasteiger charge is -2.04. The molecule has 0 fully saturated rings. The second-order valence-electron chi connectivity index (χ2n) is 3.30. The van der Waals surface area contributed by atoms with Crippen molar-refractivity contribution in [3.8, 4) is 0 Å². The molecule has 1 heterocycles.